The number of carbonyl (C=O) groups is 1. The van der Waals surface area contributed by atoms with Gasteiger partial charge in [-0.25, -0.2) is 4.98 Å². The van der Waals surface area contributed by atoms with Crippen molar-refractivity contribution in [1.82, 2.24) is 10.3 Å². The van der Waals surface area contributed by atoms with Gasteiger partial charge < -0.3 is 14.5 Å². The third kappa shape index (κ3) is 3.94. The lowest BCUT2D eigenvalue weighted by molar-refractivity contribution is 0.0951. The normalized spacial score (nSPS) is 10.6. The summed E-state index contributed by atoms with van der Waals surface area (Å²) in [5.41, 5.74) is 3.51. The molecule has 0 unspecified atom stereocenters. The van der Waals surface area contributed by atoms with Gasteiger partial charge in [0.2, 0.25) is 5.89 Å². The third-order valence-corrected chi connectivity index (χ3v) is 4.19. The highest BCUT2D eigenvalue weighted by Crippen LogP contribution is 2.22. The van der Waals surface area contributed by atoms with E-state index >= 15 is 0 Å². The Morgan fingerprint density at radius 1 is 1.12 bits per heavy atom. The zero-order valence-electron chi connectivity index (χ0n) is 15.2. The summed E-state index contributed by atoms with van der Waals surface area (Å²) in [4.78, 5) is 16.9. The van der Waals surface area contributed by atoms with E-state index in [-0.39, 0.29) is 5.91 Å². The molecule has 1 aromatic heterocycles. The van der Waals surface area contributed by atoms with Crippen LogP contribution in [0.25, 0.3) is 11.5 Å². The Bertz CT molecular complexity index is 898. The topological polar surface area (TPSA) is 64.4 Å². The maximum absolute atomic E-state index is 12.3. The van der Waals surface area contributed by atoms with Crippen LogP contribution < -0.4 is 10.1 Å². The number of nitrogens with one attached hydrogen (secondary N) is 1. The van der Waals surface area contributed by atoms with Crippen LogP contribution in [0.2, 0.25) is 0 Å². The standard InChI is InChI=1S/C21H22N2O3/c1-14-8-10-16(11-9-14)21-23-18(15(2)26-21)12-13-22-20(24)17-6-4-5-7-19(17)25-3/h4-11H,12-13H2,1-3H3,(H,22,24). The minimum absolute atomic E-state index is 0.164. The van der Waals surface area contributed by atoms with Crippen LogP contribution >= 0.6 is 0 Å². The Morgan fingerprint density at radius 3 is 2.58 bits per heavy atom. The average molecular weight is 350 g/mol. The van der Waals surface area contributed by atoms with E-state index < -0.39 is 0 Å². The first-order valence-corrected chi connectivity index (χ1v) is 8.53. The lowest BCUT2D eigenvalue weighted by Gasteiger charge is -2.08. The highest BCUT2D eigenvalue weighted by Gasteiger charge is 2.14. The number of para-hydroxylation sites is 1. The van der Waals surface area contributed by atoms with Gasteiger partial charge in [0, 0.05) is 18.5 Å². The summed E-state index contributed by atoms with van der Waals surface area (Å²) >= 11 is 0. The van der Waals surface area contributed by atoms with Gasteiger partial charge in [0.05, 0.1) is 18.4 Å². The number of aryl methyl sites for hydroxylation is 2. The molecule has 134 valence electrons. The van der Waals surface area contributed by atoms with E-state index in [1.165, 1.54) is 5.56 Å². The fraction of sp³-hybridized carbons (Fsp3) is 0.238. The molecule has 0 radical (unpaired) electrons. The number of hydrogen-bond donors (Lipinski definition) is 1. The van der Waals surface area contributed by atoms with Crippen molar-refractivity contribution in [3.05, 3.63) is 71.1 Å². The Hall–Kier alpha value is -3.08. The van der Waals surface area contributed by atoms with E-state index in [9.17, 15) is 4.79 Å². The molecule has 0 saturated heterocycles. The molecule has 5 nitrogen and oxygen atoms in total. The summed E-state index contributed by atoms with van der Waals surface area (Å²) < 4.78 is 11.0. The highest BCUT2D eigenvalue weighted by molar-refractivity contribution is 5.96. The third-order valence-electron chi connectivity index (χ3n) is 4.19. The molecule has 0 aliphatic carbocycles. The zero-order valence-corrected chi connectivity index (χ0v) is 15.2. The minimum Gasteiger partial charge on any atom is -0.496 e. The van der Waals surface area contributed by atoms with E-state index in [2.05, 4.69) is 10.3 Å². The van der Waals surface area contributed by atoms with Gasteiger partial charge in [-0.1, -0.05) is 29.8 Å². The number of benzene rings is 2. The van der Waals surface area contributed by atoms with Crippen LogP contribution in [0.5, 0.6) is 5.75 Å². The van der Waals surface area contributed by atoms with E-state index in [1.807, 2.05) is 50.2 Å². The maximum Gasteiger partial charge on any atom is 0.255 e. The van der Waals surface area contributed by atoms with Gasteiger partial charge in [-0.15, -0.1) is 0 Å². The van der Waals surface area contributed by atoms with Crippen LogP contribution in [0, 0.1) is 13.8 Å². The van der Waals surface area contributed by atoms with Crippen molar-refractivity contribution in [2.24, 2.45) is 0 Å². The van der Waals surface area contributed by atoms with Gasteiger partial charge >= 0.3 is 0 Å². The van der Waals surface area contributed by atoms with Crippen LogP contribution in [0.15, 0.2) is 52.9 Å². The van der Waals surface area contributed by atoms with Gasteiger partial charge in [-0.05, 0) is 38.1 Å². The molecule has 1 amide bonds. The molecule has 0 aliphatic rings. The summed E-state index contributed by atoms with van der Waals surface area (Å²) in [6, 6.07) is 15.2. The highest BCUT2D eigenvalue weighted by atomic mass is 16.5. The minimum atomic E-state index is -0.164. The van der Waals surface area contributed by atoms with Crippen molar-refractivity contribution in [2.75, 3.05) is 13.7 Å². The first-order chi connectivity index (χ1) is 12.6. The van der Waals surface area contributed by atoms with Crippen molar-refractivity contribution >= 4 is 5.91 Å². The molecule has 0 bridgehead atoms. The van der Waals surface area contributed by atoms with Gasteiger partial charge in [-0.2, -0.15) is 0 Å². The zero-order chi connectivity index (χ0) is 18.5. The lowest BCUT2D eigenvalue weighted by Crippen LogP contribution is -2.26. The summed E-state index contributed by atoms with van der Waals surface area (Å²) in [5, 5.41) is 2.91. The number of oxazole rings is 1. The van der Waals surface area contributed by atoms with Gasteiger partial charge in [-0.3, -0.25) is 4.79 Å². The molecule has 0 spiro atoms. The van der Waals surface area contributed by atoms with E-state index in [0.717, 1.165) is 17.0 Å². The predicted molar refractivity (Wildman–Crippen MR) is 100 cm³/mol. The molecular weight excluding hydrogens is 328 g/mol. The molecule has 0 aliphatic heterocycles. The molecule has 2 aromatic carbocycles. The number of carbonyl (C=O) groups excluding carboxylic acids is 1. The van der Waals surface area contributed by atoms with Crippen LogP contribution in [-0.4, -0.2) is 24.5 Å². The summed E-state index contributed by atoms with van der Waals surface area (Å²) in [7, 11) is 1.55. The Morgan fingerprint density at radius 2 is 1.85 bits per heavy atom. The fourth-order valence-corrected chi connectivity index (χ4v) is 2.70. The molecule has 0 fully saturated rings. The molecule has 1 heterocycles. The maximum atomic E-state index is 12.3. The Labute approximate surface area is 153 Å². The van der Waals surface area contributed by atoms with Crippen molar-refractivity contribution in [1.29, 1.82) is 0 Å². The molecule has 0 saturated carbocycles. The van der Waals surface area contributed by atoms with E-state index in [0.29, 0.717) is 30.2 Å². The largest absolute Gasteiger partial charge is 0.496 e. The summed E-state index contributed by atoms with van der Waals surface area (Å²) in [6.45, 7) is 4.40. The molecule has 5 heteroatoms. The number of ether oxygens (including phenoxy) is 1. The number of methoxy groups -OCH3 is 1. The van der Waals surface area contributed by atoms with E-state index in [1.54, 1.807) is 19.2 Å². The first kappa shape index (κ1) is 17.7. The second kappa shape index (κ2) is 7.87. The molecular formula is C21H22N2O3. The first-order valence-electron chi connectivity index (χ1n) is 8.53. The smallest absolute Gasteiger partial charge is 0.255 e. The van der Waals surface area contributed by atoms with Crippen LogP contribution in [0.1, 0.15) is 27.4 Å². The van der Waals surface area contributed by atoms with E-state index in [4.69, 9.17) is 9.15 Å². The molecule has 3 aromatic rings. The van der Waals surface area contributed by atoms with Gasteiger partial charge in [0.1, 0.15) is 11.5 Å². The number of aromatic nitrogens is 1. The molecule has 1 N–H and O–H groups in total. The summed E-state index contributed by atoms with van der Waals surface area (Å²) in [5.74, 6) is 1.77. The van der Waals surface area contributed by atoms with Crippen molar-refractivity contribution < 1.29 is 13.9 Å². The van der Waals surface area contributed by atoms with Gasteiger partial charge in [0.25, 0.3) is 5.91 Å². The quantitative estimate of drug-likeness (QED) is 0.731. The van der Waals surface area contributed by atoms with Crippen LogP contribution in [-0.2, 0) is 6.42 Å². The lowest BCUT2D eigenvalue weighted by atomic mass is 10.1. The van der Waals surface area contributed by atoms with Crippen LogP contribution in [0.4, 0.5) is 0 Å². The van der Waals surface area contributed by atoms with Gasteiger partial charge in [0.15, 0.2) is 0 Å². The van der Waals surface area contributed by atoms with Crippen molar-refractivity contribution in [2.45, 2.75) is 20.3 Å². The average Bonchev–Trinajstić information content (AvgIpc) is 3.03. The molecule has 0 atom stereocenters. The fourth-order valence-electron chi connectivity index (χ4n) is 2.70. The Balaban J connectivity index is 1.63. The number of rotatable bonds is 6. The number of hydrogen-bond acceptors (Lipinski definition) is 4. The molecule has 3 rings (SSSR count). The monoisotopic (exact) mass is 350 g/mol. The molecule has 26 heavy (non-hydrogen) atoms. The second-order valence-corrected chi connectivity index (χ2v) is 6.09. The number of nitrogens with zero attached hydrogens (tertiary/aromatic N) is 1. The summed E-state index contributed by atoms with van der Waals surface area (Å²) in [6.07, 6.45) is 0.599. The van der Waals surface area contributed by atoms with Crippen molar-refractivity contribution in [3.63, 3.8) is 0 Å². The predicted octanol–water partition coefficient (Wildman–Crippen LogP) is 3.94. The van der Waals surface area contributed by atoms with Crippen molar-refractivity contribution in [3.8, 4) is 17.2 Å². The number of amides is 1. The SMILES string of the molecule is COc1ccccc1C(=O)NCCc1nc(-c2ccc(C)cc2)oc1C. The van der Waals surface area contributed by atoms with Crippen LogP contribution in [0.3, 0.4) is 0 Å². The Kier molecular flexibility index (Phi) is 5.37. The second-order valence-electron chi connectivity index (χ2n) is 6.09.